The van der Waals surface area contributed by atoms with Crippen molar-refractivity contribution in [1.82, 2.24) is 0 Å². The van der Waals surface area contributed by atoms with E-state index in [-0.39, 0.29) is 0 Å². The van der Waals surface area contributed by atoms with E-state index in [0.29, 0.717) is 0 Å². The van der Waals surface area contributed by atoms with E-state index in [2.05, 4.69) is 0 Å². The molecule has 2 heterocycles. The summed E-state index contributed by atoms with van der Waals surface area (Å²) in [4.78, 5) is 10.5. The number of halogens is 3. The molecule has 0 saturated carbocycles. The summed E-state index contributed by atoms with van der Waals surface area (Å²) in [7, 11) is 0. The highest BCUT2D eigenvalue weighted by molar-refractivity contribution is 6.67. The maximum Gasteiger partial charge on any atom is 0.254 e. The Morgan fingerprint density at radius 2 is 2.13 bits per heavy atom. The number of nitro groups is 1. The highest BCUT2D eigenvalue weighted by Crippen LogP contribution is 2.52. The quantitative estimate of drug-likeness (QED) is 0.319. The van der Waals surface area contributed by atoms with Crippen LogP contribution in [0.3, 0.4) is 0 Å². The van der Waals surface area contributed by atoms with E-state index in [1.54, 1.807) is 19.1 Å². The molecule has 4 atom stereocenters. The van der Waals surface area contributed by atoms with Gasteiger partial charge in [0.2, 0.25) is 3.79 Å². The van der Waals surface area contributed by atoms with Gasteiger partial charge in [0.15, 0.2) is 5.60 Å². The van der Waals surface area contributed by atoms with Crippen LogP contribution in [0, 0.1) is 16.0 Å². The van der Waals surface area contributed by atoms with Crippen LogP contribution >= 0.6 is 34.8 Å². The van der Waals surface area contributed by atoms with Gasteiger partial charge in [-0.15, -0.1) is 0 Å². The van der Waals surface area contributed by atoms with E-state index in [4.69, 9.17) is 39.5 Å². The molecule has 2 rings (SSSR count). The first kappa shape index (κ1) is 11.5. The summed E-state index contributed by atoms with van der Waals surface area (Å²) in [6.45, 7) is 1.63. The molecule has 0 unspecified atom stereocenters. The minimum absolute atomic E-state index is 0.434. The molecule has 4 nitrogen and oxygen atoms in total. The lowest BCUT2D eigenvalue weighted by molar-refractivity contribution is -0.540. The molecular weight excluding hydrogens is 264 g/mol. The van der Waals surface area contributed by atoms with Crippen molar-refractivity contribution in [2.45, 2.75) is 28.5 Å². The summed E-state index contributed by atoms with van der Waals surface area (Å²) in [5.41, 5.74) is -0.956. The molecular formula is C8H8Cl3NO3. The second-order valence-corrected chi connectivity index (χ2v) is 6.29. The Morgan fingerprint density at radius 3 is 2.53 bits per heavy atom. The molecule has 2 bridgehead atoms. The normalized spacial score (nSPS) is 43.6. The Morgan fingerprint density at radius 1 is 1.53 bits per heavy atom. The number of rotatable bonds is 1. The lowest BCUT2D eigenvalue weighted by Crippen LogP contribution is -2.48. The van der Waals surface area contributed by atoms with Gasteiger partial charge in [-0.25, -0.2) is 0 Å². The molecule has 84 valence electrons. The van der Waals surface area contributed by atoms with E-state index >= 15 is 0 Å². The van der Waals surface area contributed by atoms with Crippen LogP contribution in [0.25, 0.3) is 0 Å². The molecule has 0 radical (unpaired) electrons. The first-order chi connectivity index (χ1) is 6.76. The predicted octanol–water partition coefficient (Wildman–Crippen LogP) is 2.35. The number of nitrogens with zero attached hydrogens (tertiary/aromatic N) is 1. The summed E-state index contributed by atoms with van der Waals surface area (Å²) in [6, 6.07) is -1.01. The largest absolute Gasteiger partial charge is 0.356 e. The van der Waals surface area contributed by atoms with E-state index < -0.39 is 32.4 Å². The lowest BCUT2D eigenvalue weighted by Gasteiger charge is -2.27. The highest BCUT2D eigenvalue weighted by Gasteiger charge is 2.66. The van der Waals surface area contributed by atoms with E-state index in [1.165, 1.54) is 0 Å². The van der Waals surface area contributed by atoms with Crippen LogP contribution in [-0.2, 0) is 4.74 Å². The molecule has 2 aliphatic heterocycles. The van der Waals surface area contributed by atoms with Crippen molar-refractivity contribution in [3.8, 4) is 0 Å². The van der Waals surface area contributed by atoms with Crippen LogP contribution in [0.5, 0.6) is 0 Å². The number of hydrogen-bond acceptors (Lipinski definition) is 3. The van der Waals surface area contributed by atoms with Crippen molar-refractivity contribution in [3.05, 3.63) is 22.3 Å². The van der Waals surface area contributed by atoms with Crippen molar-refractivity contribution in [3.63, 3.8) is 0 Å². The minimum Gasteiger partial charge on any atom is -0.356 e. The average molecular weight is 273 g/mol. The van der Waals surface area contributed by atoms with E-state index in [9.17, 15) is 10.1 Å². The molecule has 0 aromatic heterocycles. The van der Waals surface area contributed by atoms with Gasteiger partial charge < -0.3 is 4.74 Å². The smallest absolute Gasteiger partial charge is 0.254 e. The van der Waals surface area contributed by atoms with Gasteiger partial charge in [-0.2, -0.15) is 0 Å². The van der Waals surface area contributed by atoms with Crippen molar-refractivity contribution in [2.75, 3.05) is 0 Å². The third-order valence-corrected chi connectivity index (χ3v) is 3.65. The first-order valence-electron chi connectivity index (χ1n) is 4.33. The summed E-state index contributed by atoms with van der Waals surface area (Å²) >= 11 is 17.2. The van der Waals surface area contributed by atoms with E-state index in [0.717, 1.165) is 0 Å². The summed E-state index contributed by atoms with van der Waals surface area (Å²) < 4.78 is 3.78. The van der Waals surface area contributed by atoms with Crippen molar-refractivity contribution >= 4 is 34.8 Å². The van der Waals surface area contributed by atoms with Crippen molar-refractivity contribution in [2.24, 2.45) is 5.92 Å². The zero-order valence-corrected chi connectivity index (χ0v) is 9.96. The summed E-state index contributed by atoms with van der Waals surface area (Å²) in [5, 5.41) is 11.0. The molecule has 0 amide bonds. The molecule has 1 fully saturated rings. The third kappa shape index (κ3) is 1.64. The molecule has 0 aromatic rings. The topological polar surface area (TPSA) is 52.4 Å². The van der Waals surface area contributed by atoms with Gasteiger partial charge in [-0.05, 0) is 13.0 Å². The third-order valence-electron chi connectivity index (χ3n) is 2.89. The SMILES string of the molecule is C[C@]12C=C[C@H](O1)[C@@H](C(Cl)(Cl)Cl)[C@@H]2[N+](=O)[O-]. The molecule has 0 aliphatic carbocycles. The fourth-order valence-electron chi connectivity index (χ4n) is 2.26. The lowest BCUT2D eigenvalue weighted by atomic mass is 9.83. The fraction of sp³-hybridized carbons (Fsp3) is 0.750. The van der Waals surface area contributed by atoms with Crippen molar-refractivity contribution in [1.29, 1.82) is 0 Å². The van der Waals surface area contributed by atoms with Crippen LogP contribution in [0.15, 0.2) is 12.2 Å². The maximum absolute atomic E-state index is 11.0. The zero-order chi connectivity index (χ0) is 11.4. The number of ether oxygens (including phenoxy) is 1. The molecule has 0 aromatic carbocycles. The maximum atomic E-state index is 11.0. The second kappa shape index (κ2) is 3.23. The molecule has 15 heavy (non-hydrogen) atoms. The molecule has 0 spiro atoms. The zero-order valence-electron chi connectivity index (χ0n) is 7.69. The second-order valence-electron chi connectivity index (χ2n) is 3.92. The number of hydrogen-bond donors (Lipinski definition) is 0. The van der Waals surface area contributed by atoms with Crippen LogP contribution in [-0.4, -0.2) is 26.5 Å². The molecule has 2 aliphatic rings. The Kier molecular flexibility index (Phi) is 2.47. The molecule has 7 heteroatoms. The van der Waals surface area contributed by atoms with Gasteiger partial charge in [0.25, 0.3) is 6.04 Å². The minimum atomic E-state index is -1.69. The van der Waals surface area contributed by atoms with Crippen LogP contribution < -0.4 is 0 Å². The molecule has 0 N–H and O–H groups in total. The summed E-state index contributed by atoms with van der Waals surface area (Å²) in [6.07, 6.45) is 2.89. The predicted molar refractivity (Wildman–Crippen MR) is 57.0 cm³/mol. The van der Waals surface area contributed by atoms with Crippen LogP contribution in [0.1, 0.15) is 6.92 Å². The number of alkyl halides is 3. The van der Waals surface area contributed by atoms with Gasteiger partial charge in [-0.3, -0.25) is 10.1 Å². The van der Waals surface area contributed by atoms with Gasteiger partial charge in [0, 0.05) is 4.92 Å². The average Bonchev–Trinajstić information content (AvgIpc) is 2.53. The van der Waals surface area contributed by atoms with Crippen LogP contribution in [0.2, 0.25) is 0 Å². The van der Waals surface area contributed by atoms with Crippen LogP contribution in [0.4, 0.5) is 0 Å². The summed E-state index contributed by atoms with van der Waals surface area (Å²) in [5.74, 6) is -0.743. The standard InChI is InChI=1S/C8H8Cl3NO3/c1-7-3-2-4(15-7)5(8(9,10)11)6(7)12(13)14/h2-6H,1H3/t4-,5+,6-,7+/m0/s1. The first-order valence-corrected chi connectivity index (χ1v) is 5.46. The van der Waals surface area contributed by atoms with Gasteiger partial charge in [-0.1, -0.05) is 40.9 Å². The fourth-order valence-corrected chi connectivity index (χ4v) is 2.99. The Bertz CT molecular complexity index is 341. The Labute approximate surface area is 101 Å². The number of fused-ring (bicyclic) bond motifs is 2. The van der Waals surface area contributed by atoms with Crippen molar-refractivity contribution < 1.29 is 9.66 Å². The molecule has 1 saturated heterocycles. The Hall–Kier alpha value is -0.0300. The van der Waals surface area contributed by atoms with Gasteiger partial charge in [0.1, 0.15) is 5.92 Å². The highest BCUT2D eigenvalue weighted by atomic mass is 35.6. The van der Waals surface area contributed by atoms with E-state index in [1.807, 2.05) is 0 Å². The Balaban J connectivity index is 2.41. The van der Waals surface area contributed by atoms with Gasteiger partial charge in [0.05, 0.1) is 6.10 Å². The van der Waals surface area contributed by atoms with Gasteiger partial charge >= 0.3 is 0 Å². The monoisotopic (exact) mass is 271 g/mol.